The number of benzene rings is 2. The van der Waals surface area contributed by atoms with Gasteiger partial charge in [-0.25, -0.2) is 8.42 Å². The maximum Gasteiger partial charge on any atom is 0.207 e. The molecule has 2 aromatic rings. The van der Waals surface area contributed by atoms with E-state index >= 15 is 0 Å². The lowest BCUT2D eigenvalue weighted by Gasteiger charge is -2.09. The minimum Gasteiger partial charge on any atom is -0.218 e. The molecule has 0 aromatic heterocycles. The minimum atomic E-state index is -3.56. The van der Waals surface area contributed by atoms with Crippen molar-refractivity contribution in [2.24, 2.45) is 0 Å². The van der Waals surface area contributed by atoms with Gasteiger partial charge in [0, 0.05) is 13.4 Å². The Balaban J connectivity index is 2.65. The second-order valence-electron chi connectivity index (χ2n) is 3.63. The van der Waals surface area contributed by atoms with E-state index in [1.807, 2.05) is 0 Å². The zero-order chi connectivity index (χ0) is 14.2. The van der Waals surface area contributed by atoms with Gasteiger partial charge < -0.3 is 0 Å². The molecule has 0 bridgehead atoms. The summed E-state index contributed by atoms with van der Waals surface area (Å²) in [7, 11) is -3.56. The standard InChI is InChI=1S/C12H6Br4O2S/c13-8-5-4-7(6-10(8)15)19(17,18)11-3-1-2-9(14)12(11)16/h1-6H. The van der Waals surface area contributed by atoms with Crippen LogP contribution in [-0.4, -0.2) is 8.42 Å². The molecule has 0 radical (unpaired) electrons. The van der Waals surface area contributed by atoms with Crippen LogP contribution in [0, 0.1) is 0 Å². The molecule has 0 aliphatic heterocycles. The number of hydrogen-bond donors (Lipinski definition) is 0. The van der Waals surface area contributed by atoms with Crippen molar-refractivity contribution in [2.75, 3.05) is 0 Å². The highest BCUT2D eigenvalue weighted by atomic mass is 79.9. The van der Waals surface area contributed by atoms with Crippen LogP contribution < -0.4 is 0 Å². The Morgan fingerprint density at radius 3 is 2.11 bits per heavy atom. The molecule has 0 heterocycles. The van der Waals surface area contributed by atoms with E-state index in [1.165, 1.54) is 0 Å². The van der Waals surface area contributed by atoms with Gasteiger partial charge in [0.25, 0.3) is 0 Å². The largest absolute Gasteiger partial charge is 0.218 e. The van der Waals surface area contributed by atoms with Crippen LogP contribution in [-0.2, 0) is 9.84 Å². The van der Waals surface area contributed by atoms with Crippen molar-refractivity contribution in [2.45, 2.75) is 9.79 Å². The monoisotopic (exact) mass is 530 g/mol. The Hall–Kier alpha value is 0.310. The summed E-state index contributed by atoms with van der Waals surface area (Å²) in [4.78, 5) is 0.470. The Kier molecular flexibility index (Phi) is 4.93. The molecule has 100 valence electrons. The van der Waals surface area contributed by atoms with Crippen molar-refractivity contribution in [1.29, 1.82) is 0 Å². The van der Waals surface area contributed by atoms with Crippen LogP contribution in [0.25, 0.3) is 0 Å². The summed E-state index contributed by atoms with van der Waals surface area (Å²) in [6.07, 6.45) is 0. The Morgan fingerprint density at radius 1 is 0.789 bits per heavy atom. The average Bonchev–Trinajstić information content (AvgIpc) is 2.35. The van der Waals surface area contributed by atoms with E-state index in [2.05, 4.69) is 63.7 Å². The van der Waals surface area contributed by atoms with Crippen LogP contribution in [0.2, 0.25) is 0 Å². The van der Waals surface area contributed by atoms with Gasteiger partial charge in [0.2, 0.25) is 9.84 Å². The highest BCUT2D eigenvalue weighted by Gasteiger charge is 2.22. The maximum atomic E-state index is 12.6. The molecule has 0 saturated heterocycles. The predicted octanol–water partition coefficient (Wildman–Crippen LogP) is 5.57. The summed E-state index contributed by atoms with van der Waals surface area (Å²) in [6.45, 7) is 0. The van der Waals surface area contributed by atoms with Gasteiger partial charge in [-0.05, 0) is 94.1 Å². The van der Waals surface area contributed by atoms with Crippen LogP contribution in [0.5, 0.6) is 0 Å². The summed E-state index contributed by atoms with van der Waals surface area (Å²) in [6, 6.07) is 9.88. The summed E-state index contributed by atoms with van der Waals surface area (Å²) >= 11 is 13.2. The van der Waals surface area contributed by atoms with E-state index < -0.39 is 9.84 Å². The number of rotatable bonds is 2. The van der Waals surface area contributed by atoms with Gasteiger partial charge >= 0.3 is 0 Å². The van der Waals surface area contributed by atoms with Gasteiger partial charge in [-0.3, -0.25) is 0 Å². The van der Waals surface area contributed by atoms with Crippen LogP contribution in [0.15, 0.2) is 64.1 Å². The first-order valence-electron chi connectivity index (χ1n) is 4.98. The van der Waals surface area contributed by atoms with Gasteiger partial charge in [0.1, 0.15) is 0 Å². The van der Waals surface area contributed by atoms with E-state index in [-0.39, 0.29) is 9.79 Å². The summed E-state index contributed by atoms with van der Waals surface area (Å²) in [5.41, 5.74) is 0. The molecule has 2 nitrogen and oxygen atoms in total. The quantitative estimate of drug-likeness (QED) is 0.506. The highest BCUT2D eigenvalue weighted by molar-refractivity contribution is 9.13. The topological polar surface area (TPSA) is 34.1 Å². The number of sulfone groups is 1. The molecule has 0 amide bonds. The van der Waals surface area contributed by atoms with E-state index in [0.717, 1.165) is 4.47 Å². The van der Waals surface area contributed by atoms with Crippen molar-refractivity contribution in [3.8, 4) is 0 Å². The van der Waals surface area contributed by atoms with Crippen molar-refractivity contribution < 1.29 is 8.42 Å². The number of hydrogen-bond acceptors (Lipinski definition) is 2. The Labute approximate surface area is 145 Å². The molecule has 0 fully saturated rings. The zero-order valence-corrected chi connectivity index (χ0v) is 16.4. The zero-order valence-electron chi connectivity index (χ0n) is 9.20. The first kappa shape index (κ1) is 15.7. The van der Waals surface area contributed by atoms with Crippen molar-refractivity contribution in [3.63, 3.8) is 0 Å². The summed E-state index contributed by atoms with van der Waals surface area (Å²) in [5, 5.41) is 0. The Bertz CT molecular complexity index is 741. The van der Waals surface area contributed by atoms with Crippen LogP contribution >= 0.6 is 63.7 Å². The second-order valence-corrected chi connectivity index (χ2v) is 8.91. The molecule has 0 unspecified atom stereocenters. The SMILES string of the molecule is O=S(=O)(c1ccc(Br)c(Br)c1)c1cccc(Br)c1Br. The van der Waals surface area contributed by atoms with Crippen molar-refractivity contribution in [3.05, 3.63) is 54.3 Å². The maximum absolute atomic E-state index is 12.6. The van der Waals surface area contributed by atoms with Crippen LogP contribution in [0.3, 0.4) is 0 Å². The van der Waals surface area contributed by atoms with E-state index in [9.17, 15) is 8.42 Å². The smallest absolute Gasteiger partial charge is 0.207 e. The molecule has 0 N–H and O–H groups in total. The van der Waals surface area contributed by atoms with Crippen LogP contribution in [0.1, 0.15) is 0 Å². The van der Waals surface area contributed by atoms with Gasteiger partial charge in [0.15, 0.2) is 0 Å². The first-order valence-corrected chi connectivity index (χ1v) is 9.63. The van der Waals surface area contributed by atoms with Gasteiger partial charge in [-0.1, -0.05) is 6.07 Å². The van der Waals surface area contributed by atoms with Crippen LogP contribution in [0.4, 0.5) is 0 Å². The van der Waals surface area contributed by atoms with Gasteiger partial charge in [-0.2, -0.15) is 0 Å². The van der Waals surface area contributed by atoms with Gasteiger partial charge in [0.05, 0.1) is 14.3 Å². The molecule has 0 aliphatic rings. The fraction of sp³-hybridized carbons (Fsp3) is 0. The molecule has 0 aliphatic carbocycles. The molecule has 2 rings (SSSR count). The molecule has 0 spiro atoms. The van der Waals surface area contributed by atoms with Crippen molar-refractivity contribution in [1.82, 2.24) is 0 Å². The number of halogens is 4. The Morgan fingerprint density at radius 2 is 1.47 bits per heavy atom. The third-order valence-corrected chi connectivity index (χ3v) is 8.39. The lowest BCUT2D eigenvalue weighted by Crippen LogP contribution is -2.03. The third kappa shape index (κ3) is 3.15. The average molecular weight is 534 g/mol. The van der Waals surface area contributed by atoms with E-state index in [0.29, 0.717) is 13.4 Å². The molecular weight excluding hydrogens is 528 g/mol. The van der Waals surface area contributed by atoms with Gasteiger partial charge in [-0.15, -0.1) is 0 Å². The molecule has 0 saturated carbocycles. The second kappa shape index (κ2) is 5.97. The predicted molar refractivity (Wildman–Crippen MR) is 89.1 cm³/mol. The third-order valence-electron chi connectivity index (χ3n) is 2.41. The molecule has 0 atom stereocenters. The molecule has 19 heavy (non-hydrogen) atoms. The summed E-state index contributed by atoms with van der Waals surface area (Å²) < 4.78 is 27.9. The van der Waals surface area contributed by atoms with Crippen molar-refractivity contribution >= 4 is 73.6 Å². The normalized spacial score (nSPS) is 11.6. The fourth-order valence-corrected chi connectivity index (χ4v) is 5.02. The fourth-order valence-electron chi connectivity index (χ4n) is 1.46. The van der Waals surface area contributed by atoms with E-state index in [1.54, 1.807) is 36.4 Å². The van der Waals surface area contributed by atoms with E-state index in [4.69, 9.17) is 0 Å². The lowest BCUT2D eigenvalue weighted by atomic mass is 10.4. The molecule has 2 aromatic carbocycles. The lowest BCUT2D eigenvalue weighted by molar-refractivity contribution is 0.595. The highest BCUT2D eigenvalue weighted by Crippen LogP contribution is 2.35. The minimum absolute atomic E-state index is 0.232. The molecular formula is C12H6Br4O2S. The molecule has 7 heteroatoms. The first-order chi connectivity index (χ1) is 8.84. The summed E-state index contributed by atoms with van der Waals surface area (Å²) in [5.74, 6) is 0.